The van der Waals surface area contributed by atoms with Crippen LogP contribution in [0.1, 0.15) is 29.3 Å². The minimum Gasteiger partial charge on any atom is -0.481 e. The van der Waals surface area contributed by atoms with E-state index in [1.165, 1.54) is 18.0 Å². The van der Waals surface area contributed by atoms with Crippen molar-refractivity contribution in [2.24, 2.45) is 0 Å². The van der Waals surface area contributed by atoms with Gasteiger partial charge in [-0.15, -0.1) is 0 Å². The monoisotopic (exact) mass is 319 g/mol. The molecule has 1 fully saturated rings. The molecule has 0 aliphatic carbocycles. The summed E-state index contributed by atoms with van der Waals surface area (Å²) in [6, 6.07) is 5.75. The lowest BCUT2D eigenvalue weighted by atomic mass is 9.91. The summed E-state index contributed by atoms with van der Waals surface area (Å²) in [6.07, 6.45) is -0.155. The van der Waals surface area contributed by atoms with Crippen LogP contribution in [0.2, 0.25) is 0 Å². The number of carboxylic acids is 1. The van der Waals surface area contributed by atoms with Crippen LogP contribution < -0.4 is 10.6 Å². The number of amides is 4. The van der Waals surface area contributed by atoms with Crippen LogP contribution in [0.5, 0.6) is 0 Å². The smallest absolute Gasteiger partial charge is 0.322 e. The van der Waals surface area contributed by atoms with E-state index in [2.05, 4.69) is 10.6 Å². The van der Waals surface area contributed by atoms with E-state index in [1.807, 2.05) is 0 Å². The summed E-state index contributed by atoms with van der Waals surface area (Å²) in [7, 11) is 1.50. The maximum absolute atomic E-state index is 12.3. The van der Waals surface area contributed by atoms with Gasteiger partial charge >= 0.3 is 12.0 Å². The van der Waals surface area contributed by atoms with Gasteiger partial charge in [0.2, 0.25) is 0 Å². The standard InChI is InChI=1S/C15H17N3O5/c1-15(13(22)16-14(23)17-15)10-5-3-4-9(8-10)12(21)18(2)7-6-11(19)20/h3-5,8H,6-7H2,1-2H3,(H,19,20)(H2,16,17,22,23). The highest BCUT2D eigenvalue weighted by molar-refractivity contribution is 6.07. The fraction of sp³-hybridized carbons (Fsp3) is 0.333. The first-order chi connectivity index (χ1) is 10.7. The molecule has 1 aromatic rings. The summed E-state index contributed by atoms with van der Waals surface area (Å²) in [4.78, 5) is 47.5. The van der Waals surface area contributed by atoms with Crippen molar-refractivity contribution in [1.82, 2.24) is 15.5 Å². The lowest BCUT2D eigenvalue weighted by molar-refractivity contribution is -0.137. The SMILES string of the molecule is CN(CCC(=O)O)C(=O)c1cccc(C2(C)NC(=O)NC2=O)c1. The summed E-state index contributed by atoms with van der Waals surface area (Å²) >= 11 is 0. The minimum atomic E-state index is -1.24. The van der Waals surface area contributed by atoms with E-state index in [1.54, 1.807) is 25.1 Å². The third-order valence-electron chi connectivity index (χ3n) is 3.74. The number of carboxylic acid groups (broad SMARTS) is 1. The first kappa shape index (κ1) is 16.5. The molecule has 1 heterocycles. The number of carbonyl (C=O) groups excluding carboxylic acids is 3. The van der Waals surface area contributed by atoms with Crippen molar-refractivity contribution >= 4 is 23.8 Å². The average molecular weight is 319 g/mol. The van der Waals surface area contributed by atoms with E-state index in [0.717, 1.165) is 0 Å². The second-order valence-electron chi connectivity index (χ2n) is 5.48. The second-order valence-corrected chi connectivity index (χ2v) is 5.48. The van der Waals surface area contributed by atoms with Crippen LogP contribution in [-0.4, -0.2) is 47.4 Å². The number of hydrogen-bond donors (Lipinski definition) is 3. The van der Waals surface area contributed by atoms with Crippen molar-refractivity contribution in [3.8, 4) is 0 Å². The number of hydrogen-bond acceptors (Lipinski definition) is 4. The minimum absolute atomic E-state index is 0.0763. The normalized spacial score (nSPS) is 19.9. The fourth-order valence-electron chi connectivity index (χ4n) is 2.29. The molecule has 0 radical (unpaired) electrons. The van der Waals surface area contributed by atoms with Gasteiger partial charge in [-0.2, -0.15) is 0 Å². The van der Waals surface area contributed by atoms with Crippen LogP contribution in [0.3, 0.4) is 0 Å². The van der Waals surface area contributed by atoms with Crippen molar-refractivity contribution in [3.05, 3.63) is 35.4 Å². The summed E-state index contributed by atoms with van der Waals surface area (Å²) < 4.78 is 0. The number of aliphatic carboxylic acids is 1. The molecule has 8 nitrogen and oxygen atoms in total. The van der Waals surface area contributed by atoms with Crippen LogP contribution in [0.25, 0.3) is 0 Å². The van der Waals surface area contributed by atoms with Gasteiger partial charge in [-0.3, -0.25) is 19.7 Å². The number of urea groups is 1. The summed E-state index contributed by atoms with van der Waals surface area (Å²) in [6.45, 7) is 1.62. The molecule has 1 saturated heterocycles. The maximum atomic E-state index is 12.3. The fourth-order valence-corrected chi connectivity index (χ4v) is 2.29. The van der Waals surface area contributed by atoms with Crippen molar-refractivity contribution in [2.45, 2.75) is 18.9 Å². The van der Waals surface area contributed by atoms with E-state index >= 15 is 0 Å². The van der Waals surface area contributed by atoms with E-state index in [9.17, 15) is 19.2 Å². The van der Waals surface area contributed by atoms with Gasteiger partial charge in [0.05, 0.1) is 6.42 Å². The van der Waals surface area contributed by atoms with Gasteiger partial charge in [-0.05, 0) is 24.6 Å². The molecule has 2 rings (SSSR count). The second kappa shape index (κ2) is 6.07. The van der Waals surface area contributed by atoms with Gasteiger partial charge in [0.15, 0.2) is 0 Å². The summed E-state index contributed by atoms with van der Waals surface area (Å²) in [5.41, 5.74) is -0.462. The Morgan fingerprint density at radius 2 is 2.00 bits per heavy atom. The van der Waals surface area contributed by atoms with E-state index < -0.39 is 23.4 Å². The Kier molecular flexibility index (Phi) is 4.35. The first-order valence-corrected chi connectivity index (χ1v) is 6.95. The van der Waals surface area contributed by atoms with Gasteiger partial charge < -0.3 is 15.3 Å². The third-order valence-corrected chi connectivity index (χ3v) is 3.74. The van der Waals surface area contributed by atoms with E-state index in [0.29, 0.717) is 11.1 Å². The van der Waals surface area contributed by atoms with Crippen LogP contribution in [-0.2, 0) is 15.1 Å². The van der Waals surface area contributed by atoms with Crippen molar-refractivity contribution in [3.63, 3.8) is 0 Å². The zero-order valence-corrected chi connectivity index (χ0v) is 12.8. The lowest BCUT2D eigenvalue weighted by Crippen LogP contribution is -2.40. The highest BCUT2D eigenvalue weighted by atomic mass is 16.4. The number of nitrogens with one attached hydrogen (secondary N) is 2. The number of nitrogens with zero attached hydrogens (tertiary/aromatic N) is 1. The highest BCUT2D eigenvalue weighted by Gasteiger charge is 2.43. The highest BCUT2D eigenvalue weighted by Crippen LogP contribution is 2.25. The van der Waals surface area contributed by atoms with Crippen LogP contribution in [0, 0.1) is 0 Å². The Morgan fingerprint density at radius 3 is 2.57 bits per heavy atom. The molecule has 1 aromatic carbocycles. The maximum Gasteiger partial charge on any atom is 0.322 e. The van der Waals surface area contributed by atoms with Crippen LogP contribution in [0.4, 0.5) is 4.79 Å². The Bertz CT molecular complexity index is 687. The molecule has 1 aliphatic rings. The van der Waals surface area contributed by atoms with Crippen molar-refractivity contribution in [2.75, 3.05) is 13.6 Å². The van der Waals surface area contributed by atoms with Gasteiger partial charge in [-0.25, -0.2) is 4.79 Å². The number of carbonyl (C=O) groups is 4. The van der Waals surface area contributed by atoms with E-state index in [-0.39, 0.29) is 18.9 Å². The summed E-state index contributed by atoms with van der Waals surface area (Å²) in [5.74, 6) is -1.84. The summed E-state index contributed by atoms with van der Waals surface area (Å²) in [5, 5.41) is 13.4. The quantitative estimate of drug-likeness (QED) is 0.675. The van der Waals surface area contributed by atoms with Crippen LogP contribution >= 0.6 is 0 Å². The molecule has 0 aromatic heterocycles. The van der Waals surface area contributed by atoms with Crippen molar-refractivity contribution < 1.29 is 24.3 Å². The Hall–Kier alpha value is -2.90. The predicted molar refractivity (Wildman–Crippen MR) is 79.7 cm³/mol. The van der Waals surface area contributed by atoms with Gasteiger partial charge in [0.25, 0.3) is 11.8 Å². The van der Waals surface area contributed by atoms with Gasteiger partial charge in [0.1, 0.15) is 5.54 Å². The molecule has 1 aliphatic heterocycles. The van der Waals surface area contributed by atoms with Gasteiger partial charge in [0, 0.05) is 19.2 Å². The van der Waals surface area contributed by atoms with Gasteiger partial charge in [-0.1, -0.05) is 12.1 Å². The first-order valence-electron chi connectivity index (χ1n) is 6.95. The average Bonchev–Trinajstić information content (AvgIpc) is 2.77. The Labute approximate surface area is 132 Å². The molecular weight excluding hydrogens is 302 g/mol. The molecule has 1 unspecified atom stereocenters. The van der Waals surface area contributed by atoms with E-state index in [4.69, 9.17) is 5.11 Å². The van der Waals surface area contributed by atoms with Crippen LogP contribution in [0.15, 0.2) is 24.3 Å². The Morgan fingerprint density at radius 1 is 1.30 bits per heavy atom. The number of benzene rings is 1. The molecule has 0 saturated carbocycles. The van der Waals surface area contributed by atoms with Crippen molar-refractivity contribution in [1.29, 1.82) is 0 Å². The zero-order chi connectivity index (χ0) is 17.2. The third kappa shape index (κ3) is 3.31. The molecule has 122 valence electrons. The number of imide groups is 1. The lowest BCUT2D eigenvalue weighted by Gasteiger charge is -2.22. The number of rotatable bonds is 5. The zero-order valence-electron chi connectivity index (χ0n) is 12.8. The molecule has 4 amide bonds. The predicted octanol–water partition coefficient (Wildman–Crippen LogP) is 0.288. The largest absolute Gasteiger partial charge is 0.481 e. The molecule has 23 heavy (non-hydrogen) atoms. The molecular formula is C15H17N3O5. The topological polar surface area (TPSA) is 116 Å². The molecule has 0 bridgehead atoms. The molecule has 0 spiro atoms. The molecule has 1 atom stereocenters. The molecule has 3 N–H and O–H groups in total. The molecule has 8 heteroatoms. The Balaban J connectivity index is 2.23.